The van der Waals surface area contributed by atoms with E-state index < -0.39 is 0 Å². The van der Waals surface area contributed by atoms with Gasteiger partial charge in [0.1, 0.15) is 0 Å². The molecule has 0 saturated heterocycles. The second-order valence-corrected chi connectivity index (χ2v) is 3.77. The van der Waals surface area contributed by atoms with E-state index in [0.717, 1.165) is 0 Å². The fourth-order valence-corrected chi connectivity index (χ4v) is 1.37. The molecule has 0 bridgehead atoms. The molecule has 0 heterocycles. The summed E-state index contributed by atoms with van der Waals surface area (Å²) in [7, 11) is 4.22. The molecule has 0 fully saturated rings. The molecule has 2 nitrogen and oxygen atoms in total. The molecule has 0 aliphatic carbocycles. The fourth-order valence-electron chi connectivity index (χ4n) is 1.37. The SMILES string of the molecule is CCN(C)CCCCCCCNC. The summed E-state index contributed by atoms with van der Waals surface area (Å²) in [4.78, 5) is 2.38. The van der Waals surface area contributed by atoms with Gasteiger partial charge in [0, 0.05) is 0 Å². The van der Waals surface area contributed by atoms with Crippen LogP contribution in [0.4, 0.5) is 0 Å². The van der Waals surface area contributed by atoms with Crippen LogP contribution < -0.4 is 5.32 Å². The van der Waals surface area contributed by atoms with Crippen molar-refractivity contribution in [2.24, 2.45) is 0 Å². The van der Waals surface area contributed by atoms with E-state index in [-0.39, 0.29) is 0 Å². The quantitative estimate of drug-likeness (QED) is 0.555. The van der Waals surface area contributed by atoms with Gasteiger partial charge in [0.25, 0.3) is 0 Å². The topological polar surface area (TPSA) is 15.3 Å². The monoisotopic (exact) mass is 186 g/mol. The van der Waals surface area contributed by atoms with Gasteiger partial charge in [-0.25, -0.2) is 0 Å². The van der Waals surface area contributed by atoms with Gasteiger partial charge in [-0.3, -0.25) is 0 Å². The molecule has 0 aromatic carbocycles. The average Bonchev–Trinajstić information content (AvgIpc) is 2.16. The van der Waals surface area contributed by atoms with E-state index in [0.29, 0.717) is 0 Å². The smallest absolute Gasteiger partial charge is 0.00219 e. The van der Waals surface area contributed by atoms with Crippen LogP contribution in [0.2, 0.25) is 0 Å². The molecule has 1 N–H and O–H groups in total. The lowest BCUT2D eigenvalue weighted by molar-refractivity contribution is 0.340. The van der Waals surface area contributed by atoms with Crippen molar-refractivity contribution in [2.45, 2.75) is 39.0 Å². The standard InChI is InChI=1S/C11H26N2/c1-4-13(3)11-9-7-5-6-8-10-12-2/h12H,4-11H2,1-3H3. The van der Waals surface area contributed by atoms with Crippen molar-refractivity contribution < 1.29 is 0 Å². The van der Waals surface area contributed by atoms with Gasteiger partial charge in [-0.2, -0.15) is 0 Å². The van der Waals surface area contributed by atoms with Gasteiger partial charge in [0.15, 0.2) is 0 Å². The van der Waals surface area contributed by atoms with Crippen molar-refractivity contribution >= 4 is 0 Å². The molecule has 0 aromatic rings. The number of unbranched alkanes of at least 4 members (excludes halogenated alkanes) is 4. The molecule has 0 unspecified atom stereocenters. The van der Waals surface area contributed by atoms with Crippen molar-refractivity contribution in [3.05, 3.63) is 0 Å². The molecular weight excluding hydrogens is 160 g/mol. The van der Waals surface area contributed by atoms with Gasteiger partial charge in [0.05, 0.1) is 0 Å². The third-order valence-electron chi connectivity index (χ3n) is 2.51. The highest BCUT2D eigenvalue weighted by Gasteiger charge is 1.94. The zero-order valence-corrected chi connectivity index (χ0v) is 9.60. The van der Waals surface area contributed by atoms with Gasteiger partial charge in [0.2, 0.25) is 0 Å². The molecule has 0 aliphatic heterocycles. The largest absolute Gasteiger partial charge is 0.320 e. The van der Waals surface area contributed by atoms with Crippen molar-refractivity contribution in [2.75, 3.05) is 33.7 Å². The summed E-state index contributed by atoms with van der Waals surface area (Å²) in [5.41, 5.74) is 0. The average molecular weight is 186 g/mol. The summed E-state index contributed by atoms with van der Waals surface area (Å²) in [6, 6.07) is 0. The first-order chi connectivity index (χ1) is 6.31. The van der Waals surface area contributed by atoms with Gasteiger partial charge >= 0.3 is 0 Å². The second-order valence-electron chi connectivity index (χ2n) is 3.77. The second kappa shape index (κ2) is 10.0. The van der Waals surface area contributed by atoms with E-state index in [9.17, 15) is 0 Å². The van der Waals surface area contributed by atoms with Crippen molar-refractivity contribution in [3.8, 4) is 0 Å². The van der Waals surface area contributed by atoms with E-state index in [1.54, 1.807) is 0 Å². The van der Waals surface area contributed by atoms with E-state index in [1.165, 1.54) is 51.7 Å². The maximum atomic E-state index is 3.18. The fraction of sp³-hybridized carbons (Fsp3) is 1.00. The van der Waals surface area contributed by atoms with E-state index in [1.807, 2.05) is 7.05 Å². The third kappa shape index (κ3) is 9.84. The summed E-state index contributed by atoms with van der Waals surface area (Å²) in [6.45, 7) is 5.84. The van der Waals surface area contributed by atoms with Crippen molar-refractivity contribution in [1.82, 2.24) is 10.2 Å². The van der Waals surface area contributed by atoms with Gasteiger partial charge < -0.3 is 10.2 Å². The maximum Gasteiger partial charge on any atom is -0.00219 e. The Balaban J connectivity index is 2.91. The first-order valence-electron chi connectivity index (χ1n) is 5.64. The van der Waals surface area contributed by atoms with E-state index in [2.05, 4.69) is 24.2 Å². The predicted octanol–water partition coefficient (Wildman–Crippen LogP) is 2.11. The van der Waals surface area contributed by atoms with Crippen LogP contribution in [0.15, 0.2) is 0 Å². The summed E-state index contributed by atoms with van der Waals surface area (Å²) >= 11 is 0. The Morgan fingerprint density at radius 1 is 1.00 bits per heavy atom. The zero-order valence-electron chi connectivity index (χ0n) is 9.60. The Bertz CT molecular complexity index is 94.1. The minimum Gasteiger partial charge on any atom is -0.320 e. The highest BCUT2D eigenvalue weighted by molar-refractivity contribution is 4.50. The minimum absolute atomic E-state index is 1.18. The summed E-state index contributed by atoms with van der Waals surface area (Å²) in [5, 5.41) is 3.18. The number of nitrogens with one attached hydrogen (secondary N) is 1. The molecule has 0 saturated carbocycles. The molecule has 0 amide bonds. The van der Waals surface area contributed by atoms with Crippen LogP contribution >= 0.6 is 0 Å². The zero-order chi connectivity index (χ0) is 9.94. The number of hydrogen-bond donors (Lipinski definition) is 1. The van der Waals surface area contributed by atoms with Crippen LogP contribution in [-0.2, 0) is 0 Å². The highest BCUT2D eigenvalue weighted by Crippen LogP contribution is 2.02. The summed E-state index contributed by atoms with van der Waals surface area (Å²) < 4.78 is 0. The lowest BCUT2D eigenvalue weighted by atomic mass is 10.1. The van der Waals surface area contributed by atoms with Gasteiger partial charge in [-0.05, 0) is 46.6 Å². The van der Waals surface area contributed by atoms with Crippen LogP contribution in [0.25, 0.3) is 0 Å². The minimum atomic E-state index is 1.18. The third-order valence-corrected chi connectivity index (χ3v) is 2.51. The Kier molecular flexibility index (Phi) is 9.94. The molecule has 80 valence electrons. The maximum absolute atomic E-state index is 3.18. The molecule has 0 spiro atoms. The number of nitrogens with zero attached hydrogens (tertiary/aromatic N) is 1. The molecule has 0 aliphatic rings. The Hall–Kier alpha value is -0.0800. The molecule has 0 aromatic heterocycles. The van der Waals surface area contributed by atoms with E-state index >= 15 is 0 Å². The Labute approximate surface area is 83.7 Å². The lowest BCUT2D eigenvalue weighted by Crippen LogP contribution is -2.18. The molecule has 13 heavy (non-hydrogen) atoms. The lowest BCUT2D eigenvalue weighted by Gasteiger charge is -2.12. The van der Waals surface area contributed by atoms with Crippen LogP contribution in [0, 0.1) is 0 Å². The molecule has 0 rings (SSSR count). The van der Waals surface area contributed by atoms with Crippen molar-refractivity contribution in [3.63, 3.8) is 0 Å². The van der Waals surface area contributed by atoms with Gasteiger partial charge in [-0.15, -0.1) is 0 Å². The Morgan fingerprint density at radius 2 is 1.62 bits per heavy atom. The summed E-state index contributed by atoms with van der Waals surface area (Å²) in [6.07, 6.45) is 6.88. The van der Waals surface area contributed by atoms with Crippen LogP contribution in [0.5, 0.6) is 0 Å². The van der Waals surface area contributed by atoms with Crippen molar-refractivity contribution in [1.29, 1.82) is 0 Å². The molecular formula is C11H26N2. The van der Waals surface area contributed by atoms with Crippen LogP contribution in [-0.4, -0.2) is 38.6 Å². The molecule has 0 atom stereocenters. The predicted molar refractivity (Wildman–Crippen MR) is 60.2 cm³/mol. The molecule has 0 radical (unpaired) electrons. The number of hydrogen-bond acceptors (Lipinski definition) is 2. The first kappa shape index (κ1) is 12.9. The van der Waals surface area contributed by atoms with Crippen LogP contribution in [0.3, 0.4) is 0 Å². The number of rotatable bonds is 9. The summed E-state index contributed by atoms with van der Waals surface area (Å²) in [5.74, 6) is 0. The van der Waals surface area contributed by atoms with Gasteiger partial charge in [-0.1, -0.05) is 26.2 Å². The highest BCUT2D eigenvalue weighted by atomic mass is 15.1. The van der Waals surface area contributed by atoms with Crippen LogP contribution in [0.1, 0.15) is 39.0 Å². The normalized spacial score (nSPS) is 11.1. The Morgan fingerprint density at radius 3 is 2.23 bits per heavy atom. The molecule has 2 heteroatoms. The first-order valence-corrected chi connectivity index (χ1v) is 5.64. The van der Waals surface area contributed by atoms with E-state index in [4.69, 9.17) is 0 Å².